The summed E-state index contributed by atoms with van der Waals surface area (Å²) in [5.41, 5.74) is 0.455. The summed E-state index contributed by atoms with van der Waals surface area (Å²) in [5, 5.41) is 13.5. The van der Waals surface area contributed by atoms with E-state index < -0.39 is 5.97 Å². The third-order valence-electron chi connectivity index (χ3n) is 2.55. The molecule has 0 aliphatic carbocycles. The Bertz CT molecular complexity index is 636. The molecule has 0 radical (unpaired) electrons. The van der Waals surface area contributed by atoms with Gasteiger partial charge in [-0.15, -0.1) is 11.3 Å². The molecule has 0 fully saturated rings. The Labute approximate surface area is 119 Å². The molecule has 2 rings (SSSR count). The fraction of sp³-hybridized carbons (Fsp3) is 0.143. The van der Waals surface area contributed by atoms with Crippen molar-refractivity contribution in [3.8, 4) is 5.75 Å². The van der Waals surface area contributed by atoms with Gasteiger partial charge in [0.15, 0.2) is 0 Å². The summed E-state index contributed by atoms with van der Waals surface area (Å²) in [6.45, 7) is 2.28. The van der Waals surface area contributed by atoms with Gasteiger partial charge in [0.1, 0.15) is 10.8 Å². The number of carbonyl (C=O) groups excluding carboxylic acids is 1. The van der Waals surface area contributed by atoms with E-state index in [0.29, 0.717) is 22.9 Å². The van der Waals surface area contributed by atoms with Gasteiger partial charge in [-0.25, -0.2) is 4.79 Å². The van der Waals surface area contributed by atoms with E-state index in [-0.39, 0.29) is 11.5 Å². The first-order valence-corrected chi connectivity index (χ1v) is 6.85. The predicted octanol–water partition coefficient (Wildman–Crippen LogP) is 3.10. The minimum atomic E-state index is -1.07. The highest BCUT2D eigenvalue weighted by molar-refractivity contribution is 7.14. The Hall–Kier alpha value is -2.34. The summed E-state index contributed by atoms with van der Waals surface area (Å²) in [6.07, 6.45) is 0. The van der Waals surface area contributed by atoms with E-state index in [9.17, 15) is 9.59 Å². The van der Waals surface area contributed by atoms with E-state index in [4.69, 9.17) is 9.84 Å². The Morgan fingerprint density at radius 2 is 2.00 bits per heavy atom. The van der Waals surface area contributed by atoms with Crippen LogP contribution in [0, 0.1) is 0 Å². The van der Waals surface area contributed by atoms with Crippen molar-refractivity contribution >= 4 is 28.2 Å². The van der Waals surface area contributed by atoms with E-state index in [0.717, 1.165) is 0 Å². The van der Waals surface area contributed by atoms with Crippen LogP contribution in [0.3, 0.4) is 0 Å². The van der Waals surface area contributed by atoms with Gasteiger partial charge < -0.3 is 15.2 Å². The number of rotatable bonds is 5. The molecule has 0 aliphatic rings. The number of amides is 1. The van der Waals surface area contributed by atoms with Crippen molar-refractivity contribution in [2.75, 3.05) is 11.9 Å². The molecule has 0 saturated heterocycles. The Kier molecular flexibility index (Phi) is 4.37. The molecule has 1 aromatic heterocycles. The van der Waals surface area contributed by atoms with Crippen molar-refractivity contribution in [2.45, 2.75) is 6.92 Å². The summed E-state index contributed by atoms with van der Waals surface area (Å²) in [5.74, 6) is -0.987. The van der Waals surface area contributed by atoms with Gasteiger partial charge in [0.2, 0.25) is 0 Å². The molecule has 0 bridgehead atoms. The summed E-state index contributed by atoms with van der Waals surface area (Å²) in [7, 11) is 0. The zero-order valence-corrected chi connectivity index (χ0v) is 11.6. The lowest BCUT2D eigenvalue weighted by Gasteiger charge is -2.09. The predicted molar refractivity (Wildman–Crippen MR) is 76.8 cm³/mol. The largest absolute Gasteiger partial charge is 0.493 e. The molecule has 104 valence electrons. The van der Waals surface area contributed by atoms with E-state index in [1.54, 1.807) is 29.6 Å². The number of carbonyl (C=O) groups is 2. The first-order valence-electron chi connectivity index (χ1n) is 5.97. The van der Waals surface area contributed by atoms with Gasteiger partial charge in [0, 0.05) is 0 Å². The second-order valence-electron chi connectivity index (χ2n) is 3.85. The van der Waals surface area contributed by atoms with Gasteiger partial charge >= 0.3 is 5.97 Å². The molecule has 0 saturated carbocycles. The molecule has 1 heterocycles. The second-order valence-corrected chi connectivity index (χ2v) is 4.77. The third-order valence-corrected chi connectivity index (χ3v) is 3.38. The second kappa shape index (κ2) is 6.21. The number of hydrogen-bond donors (Lipinski definition) is 2. The van der Waals surface area contributed by atoms with E-state index in [1.165, 1.54) is 17.4 Å². The van der Waals surface area contributed by atoms with Gasteiger partial charge in [0.25, 0.3) is 5.91 Å². The van der Waals surface area contributed by atoms with Crippen molar-refractivity contribution < 1.29 is 19.4 Å². The maximum Gasteiger partial charge on any atom is 0.338 e. The van der Waals surface area contributed by atoms with Crippen LogP contribution in [0.4, 0.5) is 5.00 Å². The smallest absolute Gasteiger partial charge is 0.338 e. The number of ether oxygens (including phenoxy) is 1. The van der Waals surface area contributed by atoms with Crippen LogP contribution >= 0.6 is 11.3 Å². The molecule has 2 N–H and O–H groups in total. The summed E-state index contributed by atoms with van der Waals surface area (Å²) >= 11 is 1.17. The van der Waals surface area contributed by atoms with Crippen molar-refractivity contribution in [3.63, 3.8) is 0 Å². The number of para-hydroxylation sites is 1. The Balaban J connectivity index is 2.24. The third kappa shape index (κ3) is 2.97. The van der Waals surface area contributed by atoms with Crippen molar-refractivity contribution in [1.82, 2.24) is 0 Å². The first-order chi connectivity index (χ1) is 9.63. The molecule has 1 amide bonds. The molecule has 6 heteroatoms. The maximum absolute atomic E-state index is 12.2. The molecule has 2 aromatic rings. The van der Waals surface area contributed by atoms with E-state index >= 15 is 0 Å². The number of anilines is 1. The van der Waals surface area contributed by atoms with Crippen LogP contribution in [-0.2, 0) is 0 Å². The van der Waals surface area contributed by atoms with Crippen LogP contribution in [0.1, 0.15) is 27.6 Å². The average molecular weight is 291 g/mol. The lowest BCUT2D eigenvalue weighted by Crippen LogP contribution is -2.14. The zero-order chi connectivity index (χ0) is 14.5. The van der Waals surface area contributed by atoms with Crippen LogP contribution in [0.15, 0.2) is 35.7 Å². The minimum absolute atomic E-state index is 0.0808. The molecule has 0 atom stereocenters. The quantitative estimate of drug-likeness (QED) is 0.887. The van der Waals surface area contributed by atoms with Crippen molar-refractivity contribution in [1.29, 1.82) is 0 Å². The molecular weight excluding hydrogens is 278 g/mol. The molecule has 1 aromatic carbocycles. The van der Waals surface area contributed by atoms with Crippen LogP contribution in [-0.4, -0.2) is 23.6 Å². The van der Waals surface area contributed by atoms with Gasteiger partial charge in [-0.3, -0.25) is 4.79 Å². The number of carboxylic acid groups (broad SMARTS) is 1. The molecule has 0 aliphatic heterocycles. The van der Waals surface area contributed by atoms with Gasteiger partial charge in [0.05, 0.1) is 17.7 Å². The number of nitrogens with one attached hydrogen (secondary N) is 1. The van der Waals surface area contributed by atoms with Gasteiger partial charge in [-0.2, -0.15) is 0 Å². The number of thiophene rings is 1. The topological polar surface area (TPSA) is 75.6 Å². The van der Waals surface area contributed by atoms with E-state index in [1.807, 2.05) is 6.92 Å². The zero-order valence-electron chi connectivity index (χ0n) is 10.8. The summed E-state index contributed by atoms with van der Waals surface area (Å²) in [6, 6.07) is 8.29. The molecular formula is C14H13NO4S. The van der Waals surface area contributed by atoms with Crippen molar-refractivity contribution in [2.24, 2.45) is 0 Å². The van der Waals surface area contributed by atoms with Crippen LogP contribution in [0.25, 0.3) is 0 Å². The van der Waals surface area contributed by atoms with Gasteiger partial charge in [-0.05, 0) is 30.5 Å². The number of benzene rings is 1. The highest BCUT2D eigenvalue weighted by Crippen LogP contribution is 2.25. The van der Waals surface area contributed by atoms with Crippen molar-refractivity contribution in [3.05, 3.63) is 46.8 Å². The van der Waals surface area contributed by atoms with Crippen LogP contribution in [0.5, 0.6) is 5.75 Å². The lowest BCUT2D eigenvalue weighted by molar-refractivity contribution is 0.0698. The lowest BCUT2D eigenvalue weighted by atomic mass is 10.2. The fourth-order valence-electron chi connectivity index (χ4n) is 1.68. The highest BCUT2D eigenvalue weighted by atomic mass is 32.1. The SMILES string of the molecule is CCOc1ccccc1C(=O)Nc1sccc1C(=O)O. The first kappa shape index (κ1) is 14.1. The average Bonchev–Trinajstić information content (AvgIpc) is 2.88. The molecule has 0 unspecified atom stereocenters. The number of aromatic carboxylic acids is 1. The monoisotopic (exact) mass is 291 g/mol. The van der Waals surface area contributed by atoms with Crippen LogP contribution < -0.4 is 10.1 Å². The molecule has 0 spiro atoms. The Morgan fingerprint density at radius 1 is 1.25 bits per heavy atom. The fourth-order valence-corrected chi connectivity index (χ4v) is 2.45. The minimum Gasteiger partial charge on any atom is -0.493 e. The molecule has 20 heavy (non-hydrogen) atoms. The number of carboxylic acids is 1. The number of hydrogen-bond acceptors (Lipinski definition) is 4. The summed E-state index contributed by atoms with van der Waals surface area (Å²) in [4.78, 5) is 23.2. The summed E-state index contributed by atoms with van der Waals surface area (Å²) < 4.78 is 5.38. The Morgan fingerprint density at radius 3 is 2.70 bits per heavy atom. The normalized spacial score (nSPS) is 10.1. The highest BCUT2D eigenvalue weighted by Gasteiger charge is 2.17. The van der Waals surface area contributed by atoms with E-state index in [2.05, 4.69) is 5.32 Å². The standard InChI is InChI=1S/C14H13NO4S/c1-2-19-11-6-4-3-5-9(11)12(16)15-13-10(14(17)18)7-8-20-13/h3-8H,2H2,1H3,(H,15,16)(H,17,18). The maximum atomic E-state index is 12.2. The molecule has 5 nitrogen and oxygen atoms in total. The van der Waals surface area contributed by atoms with Crippen LogP contribution in [0.2, 0.25) is 0 Å². The van der Waals surface area contributed by atoms with Gasteiger partial charge in [-0.1, -0.05) is 12.1 Å².